The number of carbonyl (C=O) groups is 2. The molecule has 1 aromatic heterocycles. The molecule has 1 atom stereocenters. The first-order valence-corrected chi connectivity index (χ1v) is 10.3. The van der Waals surface area contributed by atoms with Crippen LogP contribution in [0.15, 0.2) is 48.5 Å². The summed E-state index contributed by atoms with van der Waals surface area (Å²) in [5.41, 5.74) is 7.67. The molecule has 3 aromatic rings. The molecule has 29 heavy (non-hydrogen) atoms. The first-order chi connectivity index (χ1) is 14.0. The Bertz CT molecular complexity index is 1040. The molecule has 1 aliphatic heterocycles. The molecular weight excluding hydrogens is 389 g/mol. The summed E-state index contributed by atoms with van der Waals surface area (Å²) in [6.45, 7) is 0.928. The number of halogens is 1. The Morgan fingerprint density at radius 3 is 2.41 bits per heavy atom. The number of aromatic nitrogens is 1. The van der Waals surface area contributed by atoms with E-state index in [4.69, 9.17) is 5.73 Å². The van der Waals surface area contributed by atoms with E-state index in [1.54, 1.807) is 36.4 Å². The van der Waals surface area contributed by atoms with Gasteiger partial charge in [-0.15, -0.1) is 11.3 Å². The fraction of sp³-hybridized carbons (Fsp3) is 0.227. The van der Waals surface area contributed by atoms with Gasteiger partial charge in [0.05, 0.1) is 4.88 Å². The van der Waals surface area contributed by atoms with E-state index in [1.807, 2.05) is 0 Å². The van der Waals surface area contributed by atoms with Crippen LogP contribution in [0, 0.1) is 5.82 Å². The van der Waals surface area contributed by atoms with Gasteiger partial charge in [-0.25, -0.2) is 9.37 Å². The third-order valence-corrected chi connectivity index (χ3v) is 6.16. The van der Waals surface area contributed by atoms with Crippen molar-refractivity contribution in [2.75, 3.05) is 6.54 Å². The zero-order valence-electron chi connectivity index (χ0n) is 15.7. The average Bonchev–Trinajstić information content (AvgIpc) is 3.38. The minimum atomic E-state index is -0.498. The lowest BCUT2D eigenvalue weighted by molar-refractivity contribution is 0.0966. The lowest BCUT2D eigenvalue weighted by Gasteiger charge is -2.08. The Morgan fingerprint density at radius 1 is 1.10 bits per heavy atom. The van der Waals surface area contributed by atoms with Crippen LogP contribution in [0.25, 0.3) is 21.0 Å². The predicted molar refractivity (Wildman–Crippen MR) is 111 cm³/mol. The van der Waals surface area contributed by atoms with Gasteiger partial charge in [0.25, 0.3) is 0 Å². The van der Waals surface area contributed by atoms with Crippen molar-refractivity contribution in [3.8, 4) is 21.0 Å². The number of thiazole rings is 1. The van der Waals surface area contributed by atoms with Gasteiger partial charge in [-0.2, -0.15) is 0 Å². The van der Waals surface area contributed by atoms with Crippen molar-refractivity contribution in [3.63, 3.8) is 0 Å². The third-order valence-electron chi connectivity index (χ3n) is 5.01. The van der Waals surface area contributed by atoms with Gasteiger partial charge < -0.3 is 11.1 Å². The van der Waals surface area contributed by atoms with Gasteiger partial charge in [-0.1, -0.05) is 24.3 Å². The molecule has 0 radical (unpaired) electrons. The number of primary amides is 1. The Kier molecular flexibility index (Phi) is 5.51. The van der Waals surface area contributed by atoms with Crippen molar-refractivity contribution in [1.29, 1.82) is 0 Å². The molecule has 0 saturated carbocycles. The average molecular weight is 409 g/mol. The van der Waals surface area contributed by atoms with E-state index in [-0.39, 0.29) is 17.6 Å². The molecule has 1 aliphatic rings. The minimum absolute atomic E-state index is 0.0278. The topological polar surface area (TPSA) is 85.1 Å². The SMILES string of the molecule is NC(=O)c1ccc(-c2nc(C(=O)CC3CCCN3)c(-c3ccc(F)cc3)s2)cc1. The van der Waals surface area contributed by atoms with Crippen LogP contribution < -0.4 is 11.1 Å². The van der Waals surface area contributed by atoms with Crippen molar-refractivity contribution in [2.45, 2.75) is 25.3 Å². The summed E-state index contributed by atoms with van der Waals surface area (Å²) >= 11 is 1.38. The molecule has 148 valence electrons. The summed E-state index contributed by atoms with van der Waals surface area (Å²) in [7, 11) is 0. The molecular formula is C22H20FN3O2S. The molecule has 2 aromatic carbocycles. The number of hydrogen-bond acceptors (Lipinski definition) is 5. The number of hydrogen-bond donors (Lipinski definition) is 2. The van der Waals surface area contributed by atoms with Crippen molar-refractivity contribution in [1.82, 2.24) is 10.3 Å². The highest BCUT2D eigenvalue weighted by atomic mass is 32.1. The first kappa shape index (κ1) is 19.4. The summed E-state index contributed by atoms with van der Waals surface area (Å²) in [4.78, 5) is 29.7. The van der Waals surface area contributed by atoms with E-state index in [2.05, 4.69) is 10.3 Å². The highest BCUT2D eigenvalue weighted by Crippen LogP contribution is 2.36. The van der Waals surface area contributed by atoms with Crippen LogP contribution in [0.2, 0.25) is 0 Å². The first-order valence-electron chi connectivity index (χ1n) is 9.45. The summed E-state index contributed by atoms with van der Waals surface area (Å²) in [5.74, 6) is -0.855. The number of amides is 1. The minimum Gasteiger partial charge on any atom is -0.366 e. The zero-order chi connectivity index (χ0) is 20.4. The molecule has 7 heteroatoms. The maximum Gasteiger partial charge on any atom is 0.248 e. The van der Waals surface area contributed by atoms with Crippen molar-refractivity contribution < 1.29 is 14.0 Å². The second kappa shape index (κ2) is 8.23. The van der Waals surface area contributed by atoms with Crippen LogP contribution in [0.5, 0.6) is 0 Å². The molecule has 1 unspecified atom stereocenters. The zero-order valence-corrected chi connectivity index (χ0v) is 16.5. The highest BCUT2D eigenvalue weighted by molar-refractivity contribution is 7.18. The van der Waals surface area contributed by atoms with Gasteiger partial charge in [0.2, 0.25) is 5.91 Å². The van der Waals surface area contributed by atoms with E-state index in [0.717, 1.165) is 35.4 Å². The van der Waals surface area contributed by atoms with Crippen LogP contribution in [0.1, 0.15) is 40.1 Å². The number of ketones is 1. The maximum absolute atomic E-state index is 13.4. The lowest BCUT2D eigenvalue weighted by Crippen LogP contribution is -2.24. The van der Waals surface area contributed by atoms with Crippen molar-refractivity contribution in [3.05, 3.63) is 65.6 Å². The van der Waals surface area contributed by atoms with Crippen molar-refractivity contribution >= 4 is 23.0 Å². The standard InChI is InChI=1S/C22H20FN3O2S/c23-16-9-7-13(8-10-16)20-19(18(27)12-17-2-1-11-25-17)26-22(29-20)15-5-3-14(4-6-15)21(24)28/h3-10,17,25H,1-2,11-12H2,(H2,24,28). The highest BCUT2D eigenvalue weighted by Gasteiger charge is 2.24. The van der Waals surface area contributed by atoms with Crippen LogP contribution >= 0.6 is 11.3 Å². The van der Waals surface area contributed by atoms with Crippen LogP contribution in [-0.2, 0) is 0 Å². The Hall–Kier alpha value is -2.90. The van der Waals surface area contributed by atoms with Crippen LogP contribution in [-0.4, -0.2) is 29.3 Å². The van der Waals surface area contributed by atoms with E-state index < -0.39 is 5.91 Å². The third kappa shape index (κ3) is 4.26. The Balaban J connectivity index is 1.72. The van der Waals surface area contributed by atoms with Crippen LogP contribution in [0.4, 0.5) is 4.39 Å². The quantitative estimate of drug-likeness (QED) is 0.602. The Labute approximate surface area is 171 Å². The largest absolute Gasteiger partial charge is 0.366 e. The second-order valence-corrected chi connectivity index (χ2v) is 8.06. The number of rotatable bonds is 6. The van der Waals surface area contributed by atoms with Gasteiger partial charge in [-0.3, -0.25) is 9.59 Å². The van der Waals surface area contributed by atoms with E-state index >= 15 is 0 Å². The Morgan fingerprint density at radius 2 is 1.79 bits per heavy atom. The predicted octanol–water partition coefficient (Wildman–Crippen LogP) is 4.04. The smallest absolute Gasteiger partial charge is 0.248 e. The number of benzene rings is 2. The molecule has 1 saturated heterocycles. The number of nitrogens with one attached hydrogen (secondary N) is 1. The number of nitrogens with zero attached hydrogens (tertiary/aromatic N) is 1. The van der Waals surface area contributed by atoms with Gasteiger partial charge in [0.1, 0.15) is 16.5 Å². The molecule has 5 nitrogen and oxygen atoms in total. The van der Waals surface area contributed by atoms with Crippen molar-refractivity contribution in [2.24, 2.45) is 5.73 Å². The molecule has 1 fully saturated rings. The van der Waals surface area contributed by atoms with E-state index in [0.29, 0.717) is 22.7 Å². The lowest BCUT2D eigenvalue weighted by atomic mass is 10.0. The molecule has 2 heterocycles. The molecule has 0 spiro atoms. The van der Waals surface area contributed by atoms with Crippen LogP contribution in [0.3, 0.4) is 0 Å². The second-order valence-electron chi connectivity index (χ2n) is 7.07. The van der Waals surface area contributed by atoms with Gasteiger partial charge in [0.15, 0.2) is 5.78 Å². The fourth-order valence-corrected chi connectivity index (χ4v) is 4.55. The molecule has 1 amide bonds. The summed E-state index contributed by atoms with van der Waals surface area (Å²) < 4.78 is 13.4. The van der Waals surface area contributed by atoms with Gasteiger partial charge in [-0.05, 0) is 49.2 Å². The number of nitrogens with two attached hydrogens (primary N) is 1. The molecule has 0 aliphatic carbocycles. The monoisotopic (exact) mass is 409 g/mol. The molecule has 3 N–H and O–H groups in total. The fourth-order valence-electron chi connectivity index (χ4n) is 3.46. The number of Topliss-reactive ketones (excluding diaryl/α,β-unsaturated/α-hetero) is 1. The summed E-state index contributed by atoms with van der Waals surface area (Å²) in [6, 6.07) is 13.1. The molecule has 0 bridgehead atoms. The number of carbonyl (C=O) groups excluding carboxylic acids is 2. The molecule has 4 rings (SSSR count). The maximum atomic E-state index is 13.4. The summed E-state index contributed by atoms with van der Waals surface area (Å²) in [6.07, 6.45) is 2.43. The van der Waals surface area contributed by atoms with Gasteiger partial charge in [0, 0.05) is 23.6 Å². The van der Waals surface area contributed by atoms with E-state index in [9.17, 15) is 14.0 Å². The summed E-state index contributed by atoms with van der Waals surface area (Å²) in [5, 5.41) is 4.01. The van der Waals surface area contributed by atoms with Gasteiger partial charge >= 0.3 is 0 Å². The van der Waals surface area contributed by atoms with E-state index in [1.165, 1.54) is 23.5 Å². The normalized spacial score (nSPS) is 16.1.